The van der Waals surface area contributed by atoms with Crippen LogP contribution >= 0.6 is 11.8 Å². The quantitative estimate of drug-likeness (QED) is 0.0721. The summed E-state index contributed by atoms with van der Waals surface area (Å²) in [5, 5.41) is 23.4. The molecule has 5 N–H and O–H groups in total. The summed E-state index contributed by atoms with van der Waals surface area (Å²) in [7, 11) is 0. The standard InChI is InChI=1S/C15H15N5O7SSe.Na.H/c1-5(21)27-2-6-3-28-13-9(12(23)20(13)10(6)14(24)25)18-11(22)8(19-26)7-4-29-15(16)17-7;;/h4,9,13,26H,2-3H2,1H3,(H2,16,17)(H,18,22)(H,24,25);;/q;+1;-1/t9-,13-;;/m1../s1. The van der Waals surface area contributed by atoms with Crippen LogP contribution in [0.4, 0.5) is 4.69 Å². The number of esters is 1. The zero-order valence-corrected chi connectivity index (χ0v) is 20.3. The number of nitrogens with two attached hydrogens (primary N) is 1. The molecule has 2 amide bonds. The average Bonchev–Trinajstić information content (AvgIpc) is 3.09. The van der Waals surface area contributed by atoms with Gasteiger partial charge in [0, 0.05) is 6.92 Å². The maximum Gasteiger partial charge on any atom is 1.00 e. The van der Waals surface area contributed by atoms with Gasteiger partial charge in [-0.3, -0.25) is 4.79 Å². The molecule has 0 saturated carbocycles. The number of hydrogen-bond donors (Lipinski definition) is 4. The molecule has 15 heteroatoms. The predicted octanol–water partition coefficient (Wildman–Crippen LogP) is -4.68. The van der Waals surface area contributed by atoms with Crippen LogP contribution in [-0.2, 0) is 23.9 Å². The van der Waals surface area contributed by atoms with Crippen LogP contribution in [0.25, 0.3) is 0 Å². The Morgan fingerprint density at radius 2 is 2.23 bits per heavy atom. The van der Waals surface area contributed by atoms with Gasteiger partial charge in [0.2, 0.25) is 0 Å². The van der Waals surface area contributed by atoms with Gasteiger partial charge in [-0.1, -0.05) is 0 Å². The number of aliphatic carboxylic acids is 1. The molecule has 2 atom stereocenters. The number of carboxylic acids is 1. The fraction of sp³-hybridized carbons (Fsp3) is 0.333. The molecule has 0 spiro atoms. The Labute approximate surface area is 203 Å². The zero-order valence-electron chi connectivity index (χ0n) is 16.8. The first-order valence-corrected chi connectivity index (χ1v) is 10.9. The van der Waals surface area contributed by atoms with Crippen LogP contribution in [0.1, 0.15) is 14.0 Å². The number of ether oxygens (including phenoxy) is 1. The van der Waals surface area contributed by atoms with Crippen molar-refractivity contribution >= 4 is 60.4 Å². The van der Waals surface area contributed by atoms with E-state index in [0.717, 1.165) is 4.90 Å². The van der Waals surface area contributed by atoms with E-state index in [1.165, 1.54) is 18.7 Å². The zero-order chi connectivity index (χ0) is 21.3. The number of aromatic nitrogens is 1. The van der Waals surface area contributed by atoms with E-state index in [1.54, 1.807) is 4.94 Å². The number of hydrogen-bond acceptors (Lipinski definition) is 10. The van der Waals surface area contributed by atoms with Gasteiger partial charge in [0.05, 0.1) is 0 Å². The van der Waals surface area contributed by atoms with Gasteiger partial charge < -0.3 is 1.43 Å². The van der Waals surface area contributed by atoms with Gasteiger partial charge >= 0.3 is 191 Å². The van der Waals surface area contributed by atoms with Gasteiger partial charge in [0.25, 0.3) is 0 Å². The number of nitrogen functional groups attached to an aromatic ring is 1. The SMILES string of the molecule is CC(=O)OCC1=C(C(=O)O)N2C(=O)[C@@H](NC(=O)C(=NO)c3c[se]c(N)n3)[C@H]2SC1.[H-].[Na+]. The van der Waals surface area contributed by atoms with Gasteiger partial charge in [0.15, 0.2) is 0 Å². The number of thioether (sulfide) groups is 1. The summed E-state index contributed by atoms with van der Waals surface area (Å²) in [5.74, 6) is -3.19. The molecule has 2 aliphatic rings. The summed E-state index contributed by atoms with van der Waals surface area (Å²) in [5.41, 5.74) is 5.31. The molecule has 0 bridgehead atoms. The maximum absolute atomic E-state index is 12.5. The number of carboxylic acid groups (broad SMARTS) is 1. The molecule has 2 aliphatic heterocycles. The molecule has 1 aromatic heterocycles. The van der Waals surface area contributed by atoms with E-state index in [2.05, 4.69) is 15.5 Å². The second-order valence-corrected chi connectivity index (χ2v) is 8.89. The first-order valence-electron chi connectivity index (χ1n) is 8.02. The van der Waals surface area contributed by atoms with Crippen molar-refractivity contribution in [2.75, 3.05) is 18.1 Å². The van der Waals surface area contributed by atoms with Crippen molar-refractivity contribution in [3.63, 3.8) is 0 Å². The Morgan fingerprint density at radius 1 is 1.53 bits per heavy atom. The predicted molar refractivity (Wildman–Crippen MR) is 101 cm³/mol. The fourth-order valence-electron chi connectivity index (χ4n) is 2.80. The molecule has 3 heterocycles. The number of nitrogens with zero attached hydrogens (tertiary/aromatic N) is 3. The minimum Gasteiger partial charge on any atom is -1.00 e. The number of β-lactam (4-membered cyclic amide) rings is 1. The summed E-state index contributed by atoms with van der Waals surface area (Å²) < 4.78 is 5.17. The topological polar surface area (TPSA) is 185 Å². The number of carbonyl (C=O) groups excluding carboxylic acids is 3. The largest absolute Gasteiger partial charge is 1.00 e. The third-order valence-electron chi connectivity index (χ3n) is 4.07. The number of rotatable bonds is 6. The summed E-state index contributed by atoms with van der Waals surface area (Å²) in [6.45, 7) is 0.952. The molecule has 0 radical (unpaired) electrons. The number of anilines is 1. The third-order valence-corrected chi connectivity index (χ3v) is 6.82. The number of fused-ring (bicyclic) bond motifs is 1. The number of nitrogens with one attached hydrogen (secondary N) is 1. The van der Waals surface area contributed by atoms with Gasteiger partial charge in [-0.25, -0.2) is 0 Å². The molecule has 3 rings (SSSR count). The van der Waals surface area contributed by atoms with Crippen molar-refractivity contribution in [2.45, 2.75) is 18.3 Å². The van der Waals surface area contributed by atoms with Crippen LogP contribution in [0.3, 0.4) is 0 Å². The smallest absolute Gasteiger partial charge is 1.00 e. The summed E-state index contributed by atoms with van der Waals surface area (Å²) in [6.07, 6.45) is 0. The van der Waals surface area contributed by atoms with E-state index >= 15 is 0 Å². The Morgan fingerprint density at radius 3 is 2.77 bits per heavy atom. The molecular weight excluding hydrogens is 496 g/mol. The van der Waals surface area contributed by atoms with E-state index < -0.39 is 35.2 Å². The van der Waals surface area contributed by atoms with E-state index in [0.29, 0.717) is 4.69 Å². The summed E-state index contributed by atoms with van der Waals surface area (Å²) in [4.78, 5) is 54.2. The molecule has 0 unspecified atom stereocenters. The van der Waals surface area contributed by atoms with Gasteiger partial charge in [-0.2, -0.15) is 0 Å². The van der Waals surface area contributed by atoms with Crippen molar-refractivity contribution < 1.29 is 65.2 Å². The number of carbonyl (C=O) groups is 4. The maximum atomic E-state index is 12.5. The monoisotopic (exact) mass is 513 g/mol. The van der Waals surface area contributed by atoms with Crippen molar-refractivity contribution in [2.24, 2.45) is 5.16 Å². The Kier molecular flexibility index (Phi) is 8.13. The molecule has 12 nitrogen and oxygen atoms in total. The van der Waals surface area contributed by atoms with Crippen LogP contribution in [-0.4, -0.2) is 87.9 Å². The molecule has 30 heavy (non-hydrogen) atoms. The molecule has 1 fully saturated rings. The first kappa shape index (κ1) is 24.4. The minimum atomic E-state index is -1.34. The minimum absolute atomic E-state index is 0. The normalized spacial score (nSPS) is 20.6. The number of oxime groups is 1. The molecule has 156 valence electrons. The van der Waals surface area contributed by atoms with Crippen molar-refractivity contribution in [3.8, 4) is 0 Å². The average molecular weight is 512 g/mol. The fourth-order valence-corrected chi connectivity index (χ4v) is 5.28. The van der Waals surface area contributed by atoms with Gasteiger partial charge in [-0.15, -0.1) is 0 Å². The van der Waals surface area contributed by atoms with Crippen LogP contribution in [0.15, 0.2) is 21.4 Å². The van der Waals surface area contributed by atoms with Crippen LogP contribution in [0.2, 0.25) is 0 Å². The van der Waals surface area contributed by atoms with E-state index in [-0.39, 0.29) is 80.5 Å². The molecule has 0 aromatic carbocycles. The second-order valence-electron chi connectivity index (χ2n) is 5.92. The molecule has 0 aliphatic carbocycles. The third kappa shape index (κ3) is 4.74. The summed E-state index contributed by atoms with van der Waals surface area (Å²) in [6, 6.07) is -1.01. The molecule has 1 saturated heterocycles. The second kappa shape index (κ2) is 9.98. The molecule has 1 aromatic rings. The first-order chi connectivity index (χ1) is 13.7. The summed E-state index contributed by atoms with van der Waals surface area (Å²) >= 11 is 0.960. The molecular formula is C15H16N5NaO7SSe. The van der Waals surface area contributed by atoms with E-state index in [9.17, 15) is 24.3 Å². The number of amides is 2. The van der Waals surface area contributed by atoms with Crippen LogP contribution in [0, 0.1) is 0 Å². The van der Waals surface area contributed by atoms with Crippen molar-refractivity contribution in [3.05, 3.63) is 21.9 Å². The van der Waals surface area contributed by atoms with E-state index in [4.69, 9.17) is 15.7 Å². The van der Waals surface area contributed by atoms with Gasteiger partial charge in [0.1, 0.15) is 0 Å². The Bertz CT molecular complexity index is 971. The Balaban J connectivity index is 0.00000240. The van der Waals surface area contributed by atoms with Gasteiger partial charge in [-0.05, 0) is 0 Å². The van der Waals surface area contributed by atoms with Crippen LogP contribution in [0.5, 0.6) is 0 Å². The Hall–Kier alpha value is -1.83. The van der Waals surface area contributed by atoms with Crippen molar-refractivity contribution in [1.82, 2.24) is 15.2 Å². The van der Waals surface area contributed by atoms with Crippen molar-refractivity contribution in [1.29, 1.82) is 0 Å². The van der Waals surface area contributed by atoms with Crippen LogP contribution < -0.4 is 40.6 Å². The van der Waals surface area contributed by atoms with E-state index in [1.807, 2.05) is 0 Å².